The fourth-order valence-corrected chi connectivity index (χ4v) is 2.75. The second-order valence-electron chi connectivity index (χ2n) is 3.73. The van der Waals surface area contributed by atoms with Gasteiger partial charge >= 0.3 is 6.18 Å². The average Bonchev–Trinajstić information content (AvgIpc) is 2.69. The first-order chi connectivity index (χ1) is 8.41. The summed E-state index contributed by atoms with van der Waals surface area (Å²) in [5.74, 6) is 0.309. The standard InChI is InChI=1S/C12H9ClF3NS/c1-7-10(6-13)17-11(18-7)8-2-4-9(5-3-8)12(14,15)16/h2-5H,6H2,1H3. The summed E-state index contributed by atoms with van der Waals surface area (Å²) in [5.41, 5.74) is 0.793. The SMILES string of the molecule is Cc1sc(-c2ccc(C(F)(F)F)cc2)nc1CCl. The molecule has 1 aromatic heterocycles. The van der Waals surface area contributed by atoms with Crippen molar-refractivity contribution in [2.75, 3.05) is 0 Å². The summed E-state index contributed by atoms with van der Waals surface area (Å²) >= 11 is 7.14. The van der Waals surface area contributed by atoms with E-state index in [-0.39, 0.29) is 0 Å². The second-order valence-corrected chi connectivity index (χ2v) is 5.20. The number of hydrogen-bond acceptors (Lipinski definition) is 2. The molecular formula is C12H9ClF3NS. The Morgan fingerprint density at radius 2 is 1.83 bits per heavy atom. The van der Waals surface area contributed by atoms with Gasteiger partial charge in [-0.05, 0) is 19.1 Å². The lowest BCUT2D eigenvalue weighted by Gasteiger charge is -2.06. The molecule has 1 nitrogen and oxygen atoms in total. The van der Waals surface area contributed by atoms with Gasteiger partial charge in [0.15, 0.2) is 0 Å². The van der Waals surface area contributed by atoms with Gasteiger partial charge in [0, 0.05) is 10.4 Å². The van der Waals surface area contributed by atoms with Gasteiger partial charge in [0.25, 0.3) is 0 Å². The van der Waals surface area contributed by atoms with Crippen LogP contribution in [-0.4, -0.2) is 4.98 Å². The van der Waals surface area contributed by atoms with Crippen LogP contribution in [0.5, 0.6) is 0 Å². The van der Waals surface area contributed by atoms with Crippen LogP contribution in [0.15, 0.2) is 24.3 Å². The maximum atomic E-state index is 12.4. The Morgan fingerprint density at radius 3 is 2.28 bits per heavy atom. The summed E-state index contributed by atoms with van der Waals surface area (Å²) in [7, 11) is 0. The van der Waals surface area contributed by atoms with Crippen molar-refractivity contribution < 1.29 is 13.2 Å². The lowest BCUT2D eigenvalue weighted by Crippen LogP contribution is -2.03. The van der Waals surface area contributed by atoms with Gasteiger partial charge in [0.1, 0.15) is 5.01 Å². The summed E-state index contributed by atoms with van der Waals surface area (Å²) in [4.78, 5) is 5.28. The van der Waals surface area contributed by atoms with E-state index in [9.17, 15) is 13.2 Å². The third-order valence-electron chi connectivity index (χ3n) is 2.48. The van der Waals surface area contributed by atoms with Gasteiger partial charge in [-0.2, -0.15) is 13.2 Å². The van der Waals surface area contributed by atoms with Crippen LogP contribution in [-0.2, 0) is 12.1 Å². The third kappa shape index (κ3) is 2.67. The lowest BCUT2D eigenvalue weighted by atomic mass is 10.1. The van der Waals surface area contributed by atoms with Gasteiger partial charge in [-0.15, -0.1) is 22.9 Å². The summed E-state index contributed by atoms with van der Waals surface area (Å²) in [5, 5.41) is 0.692. The second kappa shape index (κ2) is 4.90. The maximum Gasteiger partial charge on any atom is 0.416 e. The Bertz CT molecular complexity index is 545. The van der Waals surface area contributed by atoms with E-state index in [1.807, 2.05) is 6.92 Å². The number of alkyl halides is 4. The van der Waals surface area contributed by atoms with E-state index in [4.69, 9.17) is 11.6 Å². The number of rotatable bonds is 2. The van der Waals surface area contributed by atoms with E-state index in [2.05, 4.69) is 4.98 Å². The molecule has 0 saturated carbocycles. The largest absolute Gasteiger partial charge is 0.416 e. The molecule has 18 heavy (non-hydrogen) atoms. The average molecular weight is 292 g/mol. The molecule has 0 saturated heterocycles. The van der Waals surface area contributed by atoms with Crippen LogP contribution in [0.2, 0.25) is 0 Å². The molecule has 0 aliphatic rings. The van der Waals surface area contributed by atoms with Gasteiger partial charge in [-0.1, -0.05) is 12.1 Å². The van der Waals surface area contributed by atoms with E-state index >= 15 is 0 Å². The number of aryl methyl sites for hydroxylation is 1. The van der Waals surface area contributed by atoms with Crippen molar-refractivity contribution in [2.45, 2.75) is 19.0 Å². The molecule has 1 aromatic carbocycles. The molecule has 0 N–H and O–H groups in total. The minimum absolute atomic E-state index is 0.309. The fraction of sp³-hybridized carbons (Fsp3) is 0.250. The van der Waals surface area contributed by atoms with Crippen LogP contribution < -0.4 is 0 Å². The molecule has 2 aromatic rings. The summed E-state index contributed by atoms with van der Waals surface area (Å²) in [6.45, 7) is 1.89. The zero-order valence-corrected chi connectivity index (χ0v) is 11.0. The fourth-order valence-electron chi connectivity index (χ4n) is 1.48. The highest BCUT2D eigenvalue weighted by molar-refractivity contribution is 7.15. The summed E-state index contributed by atoms with van der Waals surface area (Å²) < 4.78 is 37.2. The minimum Gasteiger partial charge on any atom is -0.240 e. The molecule has 96 valence electrons. The molecule has 0 spiro atoms. The highest BCUT2D eigenvalue weighted by atomic mass is 35.5. The van der Waals surface area contributed by atoms with Crippen molar-refractivity contribution in [3.8, 4) is 10.6 Å². The molecule has 0 unspecified atom stereocenters. The molecule has 0 fully saturated rings. The smallest absolute Gasteiger partial charge is 0.240 e. The van der Waals surface area contributed by atoms with E-state index in [1.54, 1.807) is 0 Å². The van der Waals surface area contributed by atoms with Crippen molar-refractivity contribution >= 4 is 22.9 Å². The maximum absolute atomic E-state index is 12.4. The van der Waals surface area contributed by atoms with Gasteiger partial charge in [0.05, 0.1) is 17.1 Å². The zero-order valence-electron chi connectivity index (χ0n) is 9.38. The molecule has 0 atom stereocenters. The summed E-state index contributed by atoms with van der Waals surface area (Å²) in [6.07, 6.45) is -4.31. The lowest BCUT2D eigenvalue weighted by molar-refractivity contribution is -0.137. The molecule has 0 radical (unpaired) electrons. The van der Waals surface area contributed by atoms with Gasteiger partial charge in [0.2, 0.25) is 0 Å². The summed E-state index contributed by atoms with van der Waals surface area (Å²) in [6, 6.07) is 4.98. The zero-order chi connectivity index (χ0) is 13.3. The number of benzene rings is 1. The topological polar surface area (TPSA) is 12.9 Å². The Balaban J connectivity index is 2.34. The van der Waals surface area contributed by atoms with Crippen molar-refractivity contribution in [2.24, 2.45) is 0 Å². The number of nitrogens with zero attached hydrogens (tertiary/aromatic N) is 1. The van der Waals surface area contributed by atoms with Crippen LogP contribution >= 0.6 is 22.9 Å². The number of hydrogen-bond donors (Lipinski definition) is 0. The molecule has 0 bridgehead atoms. The molecule has 1 heterocycles. The van der Waals surface area contributed by atoms with Crippen LogP contribution in [0, 0.1) is 6.92 Å². The van der Waals surface area contributed by atoms with E-state index in [0.717, 1.165) is 22.7 Å². The first kappa shape index (κ1) is 13.4. The van der Waals surface area contributed by atoms with Crippen LogP contribution in [0.25, 0.3) is 10.6 Å². The predicted octanol–water partition coefficient (Wildman–Crippen LogP) is 4.88. The highest BCUT2D eigenvalue weighted by Gasteiger charge is 2.30. The number of aromatic nitrogens is 1. The van der Waals surface area contributed by atoms with Gasteiger partial charge in [-0.25, -0.2) is 4.98 Å². The quantitative estimate of drug-likeness (QED) is 0.719. The Labute approximate surface area is 111 Å². The molecule has 0 aliphatic carbocycles. The highest BCUT2D eigenvalue weighted by Crippen LogP contribution is 2.33. The first-order valence-corrected chi connectivity index (χ1v) is 6.47. The number of halogens is 4. The third-order valence-corrected chi connectivity index (χ3v) is 3.79. The molecule has 6 heteroatoms. The monoisotopic (exact) mass is 291 g/mol. The van der Waals surface area contributed by atoms with E-state index in [1.165, 1.54) is 23.5 Å². The van der Waals surface area contributed by atoms with Crippen molar-refractivity contribution in [3.05, 3.63) is 40.4 Å². The first-order valence-electron chi connectivity index (χ1n) is 5.11. The van der Waals surface area contributed by atoms with Crippen LogP contribution in [0.3, 0.4) is 0 Å². The van der Waals surface area contributed by atoms with Crippen LogP contribution in [0.1, 0.15) is 16.1 Å². The van der Waals surface area contributed by atoms with Gasteiger partial charge < -0.3 is 0 Å². The Morgan fingerprint density at radius 1 is 1.22 bits per heavy atom. The minimum atomic E-state index is -4.31. The Hall–Kier alpha value is -1.07. The van der Waals surface area contributed by atoms with Crippen molar-refractivity contribution in [1.29, 1.82) is 0 Å². The van der Waals surface area contributed by atoms with E-state index < -0.39 is 11.7 Å². The molecule has 2 rings (SSSR count). The Kier molecular flexibility index (Phi) is 3.64. The molecule has 0 aliphatic heterocycles. The normalized spacial score (nSPS) is 11.8. The molecule has 0 amide bonds. The van der Waals surface area contributed by atoms with Crippen molar-refractivity contribution in [3.63, 3.8) is 0 Å². The van der Waals surface area contributed by atoms with Crippen molar-refractivity contribution in [1.82, 2.24) is 4.98 Å². The molecular weight excluding hydrogens is 283 g/mol. The number of thiazole rings is 1. The van der Waals surface area contributed by atoms with E-state index in [0.29, 0.717) is 16.5 Å². The van der Waals surface area contributed by atoms with Gasteiger partial charge in [-0.3, -0.25) is 0 Å². The predicted molar refractivity (Wildman–Crippen MR) is 66.8 cm³/mol. The van der Waals surface area contributed by atoms with Crippen LogP contribution in [0.4, 0.5) is 13.2 Å².